The summed E-state index contributed by atoms with van der Waals surface area (Å²) in [5.74, 6) is 0. The number of nitrogens with two attached hydrogens (primary N) is 1. The van der Waals surface area contributed by atoms with Gasteiger partial charge in [0.2, 0.25) is 0 Å². The molecule has 2 nitrogen and oxygen atoms in total. The normalized spacial score (nSPS) is 6.00. The highest BCUT2D eigenvalue weighted by Crippen LogP contribution is 1.33. The van der Waals surface area contributed by atoms with Gasteiger partial charge >= 0.3 is 0 Å². The van der Waals surface area contributed by atoms with Crippen LogP contribution in [0, 0.1) is 0 Å². The van der Waals surface area contributed by atoms with Gasteiger partial charge in [0.15, 0.2) is 0 Å². The van der Waals surface area contributed by atoms with Crippen LogP contribution in [0.1, 0.15) is 0 Å². The molecular formula is C2H7FNO-. The summed E-state index contributed by atoms with van der Waals surface area (Å²) in [4.78, 5) is 0. The molecule has 0 aliphatic heterocycles. The third-order valence-electron chi connectivity index (χ3n) is 0.129. The van der Waals surface area contributed by atoms with E-state index < -0.39 is 0 Å². The molecule has 0 aliphatic rings. The molecule has 0 amide bonds. The lowest BCUT2D eigenvalue weighted by molar-refractivity contribution is -0.00000198. The van der Waals surface area contributed by atoms with Crippen molar-refractivity contribution < 1.29 is 9.81 Å². The largest absolute Gasteiger partial charge is 1.00 e. The highest BCUT2D eigenvalue weighted by Gasteiger charge is 1.56. The average Bonchev–Trinajstić information content (AvgIpc) is 1.37. The fraction of sp³-hybridized carbons (Fsp3) is 1.00. The van der Waals surface area contributed by atoms with E-state index in [1.54, 1.807) is 0 Å². The molecule has 0 spiro atoms. The number of hydrogen-bond donors (Lipinski definition) is 2. The van der Waals surface area contributed by atoms with E-state index in [0.717, 1.165) is 0 Å². The summed E-state index contributed by atoms with van der Waals surface area (Å²) in [6.45, 7) is 0.472. The van der Waals surface area contributed by atoms with Gasteiger partial charge in [0.25, 0.3) is 0 Å². The number of halogens is 1. The molecule has 0 aromatic rings. The molecule has 3 heteroatoms. The quantitative estimate of drug-likeness (QED) is 0.336. The summed E-state index contributed by atoms with van der Waals surface area (Å²) in [6.07, 6.45) is 0. The summed E-state index contributed by atoms with van der Waals surface area (Å²) in [5, 5.41) is 7.75. The van der Waals surface area contributed by atoms with Crippen LogP contribution in [0.3, 0.4) is 0 Å². The second-order valence-electron chi connectivity index (χ2n) is 0.512. The van der Waals surface area contributed by atoms with Crippen LogP contribution in [0.15, 0.2) is 0 Å². The molecule has 0 atom stereocenters. The Bertz CT molecular complexity index is 11.6. The van der Waals surface area contributed by atoms with Gasteiger partial charge in [-0.2, -0.15) is 0 Å². The second-order valence-corrected chi connectivity index (χ2v) is 0.512. The van der Waals surface area contributed by atoms with E-state index in [2.05, 4.69) is 0 Å². The third-order valence-corrected chi connectivity index (χ3v) is 0.129. The monoisotopic (exact) mass is 80.1 g/mol. The lowest BCUT2D eigenvalue weighted by Crippen LogP contribution is -3.00. The Morgan fingerprint density at radius 3 is 1.80 bits per heavy atom. The number of aliphatic hydroxyl groups is 1. The standard InChI is InChI=1S/C2H7NO.FH/c3-1-2-4;/h4H,1-3H2;1H/p-1. The molecule has 0 rings (SSSR count). The van der Waals surface area contributed by atoms with Crippen LogP contribution < -0.4 is 10.4 Å². The van der Waals surface area contributed by atoms with Crippen molar-refractivity contribution in [2.45, 2.75) is 0 Å². The maximum Gasteiger partial charge on any atom is 0.0553 e. The van der Waals surface area contributed by atoms with E-state index in [-0.39, 0.29) is 11.3 Å². The minimum Gasteiger partial charge on any atom is -1.00 e. The van der Waals surface area contributed by atoms with Gasteiger partial charge in [-0.05, 0) is 0 Å². The molecular weight excluding hydrogens is 73.0 g/mol. The van der Waals surface area contributed by atoms with Crippen LogP contribution in [-0.2, 0) is 0 Å². The molecule has 0 bridgehead atoms. The van der Waals surface area contributed by atoms with Gasteiger partial charge in [-0.3, -0.25) is 0 Å². The molecule has 3 N–H and O–H groups in total. The van der Waals surface area contributed by atoms with Gasteiger partial charge < -0.3 is 15.5 Å². The van der Waals surface area contributed by atoms with Crippen LogP contribution in [0.4, 0.5) is 0 Å². The van der Waals surface area contributed by atoms with Gasteiger partial charge in [0.05, 0.1) is 6.61 Å². The van der Waals surface area contributed by atoms with E-state index in [4.69, 9.17) is 10.8 Å². The van der Waals surface area contributed by atoms with Crippen LogP contribution in [0.25, 0.3) is 0 Å². The van der Waals surface area contributed by atoms with Gasteiger partial charge in [0, 0.05) is 6.54 Å². The zero-order chi connectivity index (χ0) is 3.41. The first-order chi connectivity index (χ1) is 1.91. The Morgan fingerprint density at radius 2 is 1.80 bits per heavy atom. The van der Waals surface area contributed by atoms with Gasteiger partial charge in [-0.15, -0.1) is 0 Å². The van der Waals surface area contributed by atoms with Crippen molar-refractivity contribution in [3.8, 4) is 0 Å². The van der Waals surface area contributed by atoms with Crippen LogP contribution in [0.5, 0.6) is 0 Å². The zero-order valence-electron chi connectivity index (χ0n) is 2.82. The molecule has 0 aromatic heterocycles. The molecule has 0 aliphatic carbocycles. The minimum absolute atomic E-state index is 0. The summed E-state index contributed by atoms with van der Waals surface area (Å²) in [6, 6.07) is 0. The summed E-state index contributed by atoms with van der Waals surface area (Å²) in [5.41, 5.74) is 4.78. The van der Waals surface area contributed by atoms with Crippen LogP contribution >= 0.6 is 0 Å². The SMILES string of the molecule is NCCO.[F-]. The fourth-order valence-electron chi connectivity index (χ4n) is 0. The third kappa shape index (κ3) is 18.2. The first-order valence-electron chi connectivity index (χ1n) is 1.22. The highest BCUT2D eigenvalue weighted by atomic mass is 19.0. The number of rotatable bonds is 1. The Hall–Kier alpha value is -0.150. The fourth-order valence-corrected chi connectivity index (χ4v) is 0. The van der Waals surface area contributed by atoms with Crippen molar-refractivity contribution in [2.75, 3.05) is 13.2 Å². The van der Waals surface area contributed by atoms with E-state index in [0.29, 0.717) is 6.54 Å². The van der Waals surface area contributed by atoms with Crippen LogP contribution in [0.2, 0.25) is 0 Å². The van der Waals surface area contributed by atoms with E-state index >= 15 is 0 Å². The Morgan fingerprint density at radius 1 is 1.60 bits per heavy atom. The molecule has 34 valence electrons. The molecule has 0 heterocycles. The van der Waals surface area contributed by atoms with Gasteiger partial charge in [-0.25, -0.2) is 0 Å². The lowest BCUT2D eigenvalue weighted by atomic mass is 10.8. The Labute approximate surface area is 30.0 Å². The van der Waals surface area contributed by atoms with Crippen molar-refractivity contribution in [3.05, 3.63) is 0 Å². The lowest BCUT2D eigenvalue weighted by Gasteiger charge is -1.71. The summed E-state index contributed by atoms with van der Waals surface area (Å²) < 4.78 is 0. The van der Waals surface area contributed by atoms with Crippen molar-refractivity contribution in [1.82, 2.24) is 0 Å². The maximum atomic E-state index is 7.75. The van der Waals surface area contributed by atoms with E-state index in [9.17, 15) is 0 Å². The molecule has 5 heavy (non-hydrogen) atoms. The molecule has 0 saturated heterocycles. The van der Waals surface area contributed by atoms with Gasteiger partial charge in [0.1, 0.15) is 0 Å². The zero-order valence-corrected chi connectivity index (χ0v) is 2.82. The molecule has 0 unspecified atom stereocenters. The summed E-state index contributed by atoms with van der Waals surface area (Å²) >= 11 is 0. The molecule has 0 fully saturated rings. The van der Waals surface area contributed by atoms with Crippen molar-refractivity contribution in [1.29, 1.82) is 0 Å². The minimum atomic E-state index is 0. The number of hydrogen-bond acceptors (Lipinski definition) is 2. The predicted octanol–water partition coefficient (Wildman–Crippen LogP) is -4.06. The highest BCUT2D eigenvalue weighted by molar-refractivity contribution is 4.17. The topological polar surface area (TPSA) is 46.2 Å². The van der Waals surface area contributed by atoms with Crippen molar-refractivity contribution >= 4 is 0 Å². The van der Waals surface area contributed by atoms with Gasteiger partial charge in [-0.1, -0.05) is 0 Å². The van der Waals surface area contributed by atoms with Crippen molar-refractivity contribution in [3.63, 3.8) is 0 Å². The first kappa shape index (κ1) is 8.85. The van der Waals surface area contributed by atoms with E-state index in [1.165, 1.54) is 0 Å². The van der Waals surface area contributed by atoms with E-state index in [1.807, 2.05) is 0 Å². The Balaban J connectivity index is 0. The molecule has 0 saturated carbocycles. The summed E-state index contributed by atoms with van der Waals surface area (Å²) in [7, 11) is 0. The Kier molecular flexibility index (Phi) is 16.2. The maximum absolute atomic E-state index is 7.75. The predicted molar refractivity (Wildman–Crippen MR) is 16.1 cm³/mol. The average molecular weight is 80.1 g/mol. The molecule has 0 aromatic carbocycles. The van der Waals surface area contributed by atoms with Crippen molar-refractivity contribution in [2.24, 2.45) is 5.73 Å². The first-order valence-corrected chi connectivity index (χ1v) is 1.22. The smallest absolute Gasteiger partial charge is 0.0553 e. The number of aliphatic hydroxyl groups excluding tert-OH is 1. The second kappa shape index (κ2) is 9.14. The van der Waals surface area contributed by atoms with Crippen LogP contribution in [-0.4, -0.2) is 18.3 Å². The molecule has 0 radical (unpaired) electrons.